The van der Waals surface area contributed by atoms with Gasteiger partial charge in [0.25, 0.3) is 0 Å². The summed E-state index contributed by atoms with van der Waals surface area (Å²) in [6.07, 6.45) is -2.37. The number of alkyl halides is 3. The van der Waals surface area contributed by atoms with Crippen LogP contribution in [0.3, 0.4) is 0 Å². The Morgan fingerprint density at radius 3 is 2.51 bits per heavy atom. The summed E-state index contributed by atoms with van der Waals surface area (Å²) in [4.78, 5) is 43.9. The first-order chi connectivity index (χ1) is 18.5. The molecule has 0 saturated carbocycles. The van der Waals surface area contributed by atoms with Crippen molar-refractivity contribution in [3.8, 4) is 6.07 Å². The number of likely N-dealkylation sites (tertiary alicyclic amines) is 1. The number of ketones is 1. The molecule has 1 aliphatic rings. The van der Waals surface area contributed by atoms with Crippen molar-refractivity contribution in [1.29, 1.82) is 5.26 Å². The Hall–Kier alpha value is -4.30. The smallest absolute Gasteiger partial charge is 0.386 e. The second-order valence-corrected chi connectivity index (χ2v) is 9.63. The van der Waals surface area contributed by atoms with E-state index in [1.54, 1.807) is 47.8 Å². The monoisotopic (exact) mass is 538 g/mol. The Balaban J connectivity index is 1.51. The number of piperidine rings is 1. The van der Waals surface area contributed by atoms with Crippen molar-refractivity contribution in [3.63, 3.8) is 0 Å². The van der Waals surface area contributed by atoms with E-state index < -0.39 is 29.3 Å². The predicted octanol–water partition coefficient (Wildman–Crippen LogP) is 3.75. The summed E-state index contributed by atoms with van der Waals surface area (Å²) < 4.78 is 44.6. The lowest BCUT2D eigenvalue weighted by Gasteiger charge is -2.38. The number of esters is 2. The molecule has 11 heteroatoms. The highest BCUT2D eigenvalue weighted by Crippen LogP contribution is 2.36. The van der Waals surface area contributed by atoms with Gasteiger partial charge in [-0.1, -0.05) is 42.0 Å². The number of hydrogen-bond donors (Lipinski definition) is 0. The predicted molar refractivity (Wildman–Crippen MR) is 132 cm³/mol. The standard InChI is InChI=1S/C28H25F3N4O4/c1-19-3-2-4-22(11-19)12-27(25(37)39-26(38)28(29,30)31)9-10-34(17-24(27)36)16-23-14-33-18-35(23)15-21-7-5-20(13-32)6-8-21/h2-8,11,14,18H,9-10,12,15-17H2,1H3. The van der Waals surface area contributed by atoms with E-state index in [1.807, 2.05) is 29.7 Å². The quantitative estimate of drug-likeness (QED) is 0.333. The lowest BCUT2D eigenvalue weighted by molar-refractivity contribution is -0.205. The lowest BCUT2D eigenvalue weighted by atomic mass is 9.72. The van der Waals surface area contributed by atoms with Gasteiger partial charge < -0.3 is 9.30 Å². The molecule has 39 heavy (non-hydrogen) atoms. The minimum atomic E-state index is -5.36. The molecule has 0 bridgehead atoms. The van der Waals surface area contributed by atoms with E-state index in [-0.39, 0.29) is 25.9 Å². The van der Waals surface area contributed by atoms with Crippen LogP contribution in [-0.4, -0.2) is 51.4 Å². The van der Waals surface area contributed by atoms with E-state index in [4.69, 9.17) is 5.26 Å². The summed E-state index contributed by atoms with van der Waals surface area (Å²) in [6, 6.07) is 16.1. The second kappa shape index (κ2) is 11.2. The molecule has 1 unspecified atom stereocenters. The first kappa shape index (κ1) is 27.7. The summed E-state index contributed by atoms with van der Waals surface area (Å²) in [5.74, 6) is -4.74. The van der Waals surface area contributed by atoms with E-state index >= 15 is 0 Å². The van der Waals surface area contributed by atoms with Crippen LogP contribution in [0.2, 0.25) is 0 Å². The van der Waals surface area contributed by atoms with Gasteiger partial charge in [-0.15, -0.1) is 0 Å². The number of ether oxygens (including phenoxy) is 1. The van der Waals surface area contributed by atoms with E-state index in [0.717, 1.165) is 16.8 Å². The lowest BCUT2D eigenvalue weighted by Crippen LogP contribution is -2.54. The fraction of sp³-hybridized carbons (Fsp3) is 0.321. The molecule has 2 heterocycles. The van der Waals surface area contributed by atoms with Crippen LogP contribution in [0.1, 0.15) is 34.4 Å². The number of rotatable bonds is 7. The first-order valence-corrected chi connectivity index (χ1v) is 12.1. The molecule has 8 nitrogen and oxygen atoms in total. The Bertz CT molecular complexity index is 1430. The van der Waals surface area contributed by atoms with Crippen LogP contribution in [0.5, 0.6) is 0 Å². The van der Waals surface area contributed by atoms with Crippen LogP contribution in [0, 0.1) is 23.7 Å². The largest absolute Gasteiger partial charge is 0.491 e. The summed E-state index contributed by atoms with van der Waals surface area (Å²) in [6.45, 7) is 2.58. The first-order valence-electron chi connectivity index (χ1n) is 12.1. The zero-order chi connectivity index (χ0) is 28.2. The van der Waals surface area contributed by atoms with Gasteiger partial charge in [-0.05, 0) is 43.0 Å². The molecule has 2 aromatic carbocycles. The average molecular weight is 539 g/mol. The van der Waals surface area contributed by atoms with Crippen molar-refractivity contribution < 1.29 is 32.3 Å². The number of aryl methyl sites for hydroxylation is 1. The number of carbonyl (C=O) groups excluding carboxylic acids is 3. The SMILES string of the molecule is Cc1cccc(CC2(C(=O)OC(=O)C(F)(F)F)CCN(Cc3cncn3Cc3ccc(C#N)cc3)CC2=O)c1. The highest BCUT2D eigenvalue weighted by atomic mass is 19.4. The summed E-state index contributed by atoms with van der Waals surface area (Å²) >= 11 is 0. The molecule has 4 rings (SSSR count). The van der Waals surface area contributed by atoms with Crippen molar-refractivity contribution in [2.75, 3.05) is 13.1 Å². The highest BCUT2D eigenvalue weighted by Gasteiger charge is 2.53. The van der Waals surface area contributed by atoms with E-state index in [9.17, 15) is 27.6 Å². The second-order valence-electron chi connectivity index (χ2n) is 9.63. The van der Waals surface area contributed by atoms with Crippen LogP contribution in [0.25, 0.3) is 0 Å². The molecule has 1 aromatic heterocycles. The van der Waals surface area contributed by atoms with Gasteiger partial charge in [0.2, 0.25) is 0 Å². The number of nitrogens with zero attached hydrogens (tertiary/aromatic N) is 4. The maximum atomic E-state index is 13.5. The van der Waals surface area contributed by atoms with Crippen LogP contribution in [0.15, 0.2) is 61.1 Å². The van der Waals surface area contributed by atoms with E-state index in [1.165, 1.54) is 0 Å². The fourth-order valence-corrected chi connectivity index (χ4v) is 4.67. The molecular weight excluding hydrogens is 513 g/mol. The van der Waals surface area contributed by atoms with Gasteiger partial charge in [-0.2, -0.15) is 18.4 Å². The molecule has 202 valence electrons. The minimum Gasteiger partial charge on any atom is -0.386 e. The van der Waals surface area contributed by atoms with Crippen molar-refractivity contribution in [2.24, 2.45) is 5.41 Å². The Labute approximate surface area is 222 Å². The van der Waals surface area contributed by atoms with E-state index in [2.05, 4.69) is 15.8 Å². The van der Waals surface area contributed by atoms with Crippen molar-refractivity contribution in [2.45, 2.75) is 39.0 Å². The van der Waals surface area contributed by atoms with Crippen molar-refractivity contribution in [1.82, 2.24) is 14.5 Å². The number of imidazole rings is 1. The topological polar surface area (TPSA) is 105 Å². The van der Waals surface area contributed by atoms with Gasteiger partial charge in [0, 0.05) is 25.8 Å². The Morgan fingerprint density at radius 2 is 1.87 bits per heavy atom. The van der Waals surface area contributed by atoms with Crippen LogP contribution in [-0.2, 0) is 38.6 Å². The van der Waals surface area contributed by atoms with Gasteiger partial charge in [0.05, 0.1) is 30.2 Å². The summed E-state index contributed by atoms with van der Waals surface area (Å²) in [5.41, 5.74) is 1.77. The maximum Gasteiger partial charge on any atom is 0.491 e. The summed E-state index contributed by atoms with van der Waals surface area (Å²) in [5, 5.41) is 8.98. The Morgan fingerprint density at radius 1 is 1.13 bits per heavy atom. The van der Waals surface area contributed by atoms with Gasteiger partial charge >= 0.3 is 18.1 Å². The molecular formula is C28H25F3N4O4. The van der Waals surface area contributed by atoms with E-state index in [0.29, 0.717) is 24.2 Å². The van der Waals surface area contributed by atoms with Gasteiger partial charge in [0.1, 0.15) is 5.41 Å². The molecule has 1 aliphatic heterocycles. The molecule has 0 N–H and O–H groups in total. The van der Waals surface area contributed by atoms with Gasteiger partial charge in [0.15, 0.2) is 5.78 Å². The minimum absolute atomic E-state index is 0.118. The number of carbonyl (C=O) groups is 3. The molecule has 0 amide bonds. The number of benzene rings is 2. The third-order valence-electron chi connectivity index (χ3n) is 6.77. The third-order valence-corrected chi connectivity index (χ3v) is 6.77. The summed E-state index contributed by atoms with van der Waals surface area (Å²) in [7, 11) is 0. The van der Waals surface area contributed by atoms with Gasteiger partial charge in [-0.3, -0.25) is 14.5 Å². The van der Waals surface area contributed by atoms with Crippen LogP contribution < -0.4 is 0 Å². The number of halogens is 3. The number of hydrogen-bond acceptors (Lipinski definition) is 7. The number of nitriles is 1. The molecule has 0 aliphatic carbocycles. The fourth-order valence-electron chi connectivity index (χ4n) is 4.67. The molecule has 3 aromatic rings. The third kappa shape index (κ3) is 6.41. The maximum absolute atomic E-state index is 13.5. The molecule has 1 saturated heterocycles. The average Bonchev–Trinajstić information content (AvgIpc) is 3.31. The van der Waals surface area contributed by atoms with Crippen LogP contribution in [0.4, 0.5) is 13.2 Å². The number of Topliss-reactive ketones (excluding diaryl/α,β-unsaturated/α-hetero) is 1. The zero-order valence-electron chi connectivity index (χ0n) is 21.1. The van der Waals surface area contributed by atoms with Crippen molar-refractivity contribution >= 4 is 17.7 Å². The molecule has 1 fully saturated rings. The normalized spacial score (nSPS) is 18.0. The molecule has 0 spiro atoms. The van der Waals surface area contributed by atoms with Crippen LogP contribution >= 0.6 is 0 Å². The Kier molecular flexibility index (Phi) is 7.97. The molecule has 1 atom stereocenters. The molecule has 0 radical (unpaired) electrons. The van der Waals surface area contributed by atoms with Gasteiger partial charge in [-0.25, -0.2) is 9.78 Å². The highest BCUT2D eigenvalue weighted by molar-refractivity contribution is 6.08. The number of aromatic nitrogens is 2. The zero-order valence-corrected chi connectivity index (χ0v) is 21.1. The van der Waals surface area contributed by atoms with Crippen molar-refractivity contribution in [3.05, 3.63) is 89.0 Å².